The molecule has 118 valence electrons. The third-order valence-electron chi connectivity index (χ3n) is 4.38. The quantitative estimate of drug-likeness (QED) is 0.868. The van der Waals surface area contributed by atoms with E-state index >= 15 is 0 Å². The van der Waals surface area contributed by atoms with Gasteiger partial charge in [-0.2, -0.15) is 0 Å². The summed E-state index contributed by atoms with van der Waals surface area (Å²) in [7, 11) is 0. The Balaban J connectivity index is 1.64. The molecule has 0 spiro atoms. The SMILES string of the molecule is CCCc1cc(C(=O)N2CCC(C)(c3nccs3)CC2)no1. The lowest BCUT2D eigenvalue weighted by Gasteiger charge is -2.37. The predicted molar refractivity (Wildman–Crippen MR) is 85.1 cm³/mol. The molecule has 0 atom stereocenters. The van der Waals surface area contributed by atoms with E-state index in [2.05, 4.69) is 24.0 Å². The van der Waals surface area contributed by atoms with Gasteiger partial charge in [-0.25, -0.2) is 4.98 Å². The van der Waals surface area contributed by atoms with E-state index in [1.807, 2.05) is 16.5 Å². The van der Waals surface area contributed by atoms with Gasteiger partial charge in [-0.05, 0) is 19.3 Å². The molecule has 0 aliphatic carbocycles. The summed E-state index contributed by atoms with van der Waals surface area (Å²) in [6.07, 6.45) is 5.53. The molecule has 2 aromatic heterocycles. The molecule has 1 aliphatic heterocycles. The van der Waals surface area contributed by atoms with Crippen LogP contribution >= 0.6 is 11.3 Å². The van der Waals surface area contributed by atoms with Crippen LogP contribution in [-0.4, -0.2) is 34.0 Å². The number of hydrogen-bond donors (Lipinski definition) is 0. The zero-order chi connectivity index (χ0) is 15.6. The van der Waals surface area contributed by atoms with Gasteiger partial charge >= 0.3 is 0 Å². The number of amides is 1. The van der Waals surface area contributed by atoms with Crippen LogP contribution in [-0.2, 0) is 11.8 Å². The fraction of sp³-hybridized carbons (Fsp3) is 0.562. The van der Waals surface area contributed by atoms with Gasteiger partial charge in [-0.3, -0.25) is 4.79 Å². The van der Waals surface area contributed by atoms with E-state index in [0.29, 0.717) is 5.69 Å². The van der Waals surface area contributed by atoms with Crippen molar-refractivity contribution in [2.24, 2.45) is 0 Å². The molecule has 1 amide bonds. The molecule has 22 heavy (non-hydrogen) atoms. The predicted octanol–water partition coefficient (Wildman–Crippen LogP) is 3.28. The highest BCUT2D eigenvalue weighted by molar-refractivity contribution is 7.09. The number of aromatic nitrogens is 2. The van der Waals surface area contributed by atoms with Crippen molar-refractivity contribution in [1.29, 1.82) is 0 Å². The maximum Gasteiger partial charge on any atom is 0.276 e. The van der Waals surface area contributed by atoms with Gasteiger partial charge in [0.05, 0.1) is 5.01 Å². The second-order valence-corrected chi connectivity index (χ2v) is 7.01. The van der Waals surface area contributed by atoms with Gasteiger partial charge in [0.15, 0.2) is 5.69 Å². The van der Waals surface area contributed by atoms with Gasteiger partial charge in [0, 0.05) is 42.6 Å². The molecule has 0 unspecified atom stereocenters. The van der Waals surface area contributed by atoms with E-state index in [-0.39, 0.29) is 11.3 Å². The van der Waals surface area contributed by atoms with E-state index < -0.39 is 0 Å². The van der Waals surface area contributed by atoms with Crippen LogP contribution in [0.25, 0.3) is 0 Å². The molecule has 1 fully saturated rings. The summed E-state index contributed by atoms with van der Waals surface area (Å²) in [5.74, 6) is 0.766. The van der Waals surface area contributed by atoms with Gasteiger partial charge in [-0.15, -0.1) is 11.3 Å². The first-order valence-corrected chi connectivity index (χ1v) is 8.65. The Morgan fingerprint density at radius 2 is 2.23 bits per heavy atom. The summed E-state index contributed by atoms with van der Waals surface area (Å²) in [5.41, 5.74) is 0.517. The Bertz CT molecular complexity index is 628. The Morgan fingerprint density at radius 1 is 1.45 bits per heavy atom. The Hall–Kier alpha value is -1.69. The number of piperidine rings is 1. The smallest absolute Gasteiger partial charge is 0.276 e. The summed E-state index contributed by atoms with van der Waals surface area (Å²) in [6.45, 7) is 5.80. The average Bonchev–Trinajstić information content (AvgIpc) is 3.20. The van der Waals surface area contributed by atoms with Crippen molar-refractivity contribution < 1.29 is 9.32 Å². The van der Waals surface area contributed by atoms with Gasteiger partial charge in [-0.1, -0.05) is 19.0 Å². The van der Waals surface area contributed by atoms with Crippen molar-refractivity contribution in [1.82, 2.24) is 15.0 Å². The second-order valence-electron chi connectivity index (χ2n) is 6.12. The maximum absolute atomic E-state index is 12.5. The first-order chi connectivity index (χ1) is 10.6. The maximum atomic E-state index is 12.5. The Morgan fingerprint density at radius 3 is 2.86 bits per heavy atom. The molecule has 3 heterocycles. The molecule has 0 N–H and O–H groups in total. The number of rotatable bonds is 4. The lowest BCUT2D eigenvalue weighted by Crippen LogP contribution is -2.44. The van der Waals surface area contributed by atoms with Gasteiger partial charge < -0.3 is 9.42 Å². The Labute approximate surface area is 134 Å². The largest absolute Gasteiger partial charge is 0.361 e. The van der Waals surface area contributed by atoms with E-state index in [1.54, 1.807) is 17.4 Å². The highest BCUT2D eigenvalue weighted by Gasteiger charge is 2.36. The molecule has 2 aromatic rings. The number of aryl methyl sites for hydroxylation is 1. The van der Waals surface area contributed by atoms with Crippen LogP contribution in [0.3, 0.4) is 0 Å². The molecular formula is C16H21N3O2S. The normalized spacial score (nSPS) is 17.6. The molecule has 0 bridgehead atoms. The Kier molecular flexibility index (Phi) is 4.29. The topological polar surface area (TPSA) is 59.2 Å². The summed E-state index contributed by atoms with van der Waals surface area (Å²) in [5, 5.41) is 7.11. The molecule has 0 saturated carbocycles. The van der Waals surface area contributed by atoms with Crippen LogP contribution in [0.1, 0.15) is 54.4 Å². The number of nitrogens with zero attached hydrogens (tertiary/aromatic N) is 3. The van der Waals surface area contributed by atoms with Crippen molar-refractivity contribution >= 4 is 17.2 Å². The standard InChI is InChI=1S/C16H21N3O2S/c1-3-4-12-11-13(18-21-12)14(20)19-8-5-16(2,6-9-19)15-17-7-10-22-15/h7,10-11H,3-6,8-9H2,1-2H3. The fourth-order valence-electron chi connectivity index (χ4n) is 2.88. The lowest BCUT2D eigenvalue weighted by molar-refractivity contribution is 0.0665. The van der Waals surface area contributed by atoms with Crippen LogP contribution in [0.15, 0.2) is 22.2 Å². The third kappa shape index (κ3) is 2.92. The second kappa shape index (κ2) is 6.20. The molecule has 5 nitrogen and oxygen atoms in total. The minimum atomic E-state index is -0.0210. The van der Waals surface area contributed by atoms with Crippen LogP contribution < -0.4 is 0 Å². The molecule has 0 radical (unpaired) electrons. The monoisotopic (exact) mass is 319 g/mol. The van der Waals surface area contributed by atoms with Crippen molar-refractivity contribution in [2.45, 2.75) is 44.9 Å². The molecule has 1 saturated heterocycles. The number of likely N-dealkylation sites (tertiary alicyclic amines) is 1. The van der Waals surface area contributed by atoms with Gasteiger partial charge in [0.2, 0.25) is 0 Å². The van der Waals surface area contributed by atoms with Crippen molar-refractivity contribution in [3.8, 4) is 0 Å². The summed E-state index contributed by atoms with van der Waals surface area (Å²) in [6, 6.07) is 1.78. The fourth-order valence-corrected chi connectivity index (χ4v) is 3.74. The van der Waals surface area contributed by atoms with Crippen molar-refractivity contribution in [2.75, 3.05) is 13.1 Å². The molecule has 6 heteroatoms. The first-order valence-electron chi connectivity index (χ1n) is 7.77. The van der Waals surface area contributed by atoms with Crippen molar-refractivity contribution in [3.05, 3.63) is 34.1 Å². The number of hydrogen-bond acceptors (Lipinski definition) is 5. The molecular weight excluding hydrogens is 298 g/mol. The number of carbonyl (C=O) groups is 1. The highest BCUT2D eigenvalue weighted by atomic mass is 32.1. The first kappa shape index (κ1) is 15.2. The van der Waals surface area contributed by atoms with Gasteiger partial charge in [0.25, 0.3) is 5.91 Å². The third-order valence-corrected chi connectivity index (χ3v) is 5.46. The van der Waals surface area contributed by atoms with E-state index in [0.717, 1.165) is 44.5 Å². The van der Waals surface area contributed by atoms with E-state index in [4.69, 9.17) is 4.52 Å². The van der Waals surface area contributed by atoms with Crippen LogP contribution in [0.2, 0.25) is 0 Å². The lowest BCUT2D eigenvalue weighted by atomic mass is 9.81. The number of carbonyl (C=O) groups excluding carboxylic acids is 1. The molecule has 3 rings (SSSR count). The molecule has 1 aliphatic rings. The molecule has 0 aromatic carbocycles. The zero-order valence-electron chi connectivity index (χ0n) is 13.0. The van der Waals surface area contributed by atoms with Crippen LogP contribution in [0.5, 0.6) is 0 Å². The minimum absolute atomic E-state index is 0.0210. The number of thiazole rings is 1. The highest BCUT2D eigenvalue weighted by Crippen LogP contribution is 2.36. The summed E-state index contributed by atoms with van der Waals surface area (Å²) in [4.78, 5) is 18.8. The minimum Gasteiger partial charge on any atom is -0.361 e. The van der Waals surface area contributed by atoms with E-state index in [9.17, 15) is 4.79 Å². The summed E-state index contributed by atoms with van der Waals surface area (Å²) >= 11 is 1.70. The van der Waals surface area contributed by atoms with E-state index in [1.165, 1.54) is 5.01 Å². The van der Waals surface area contributed by atoms with Gasteiger partial charge in [0.1, 0.15) is 5.76 Å². The van der Waals surface area contributed by atoms with Crippen LogP contribution in [0, 0.1) is 0 Å². The van der Waals surface area contributed by atoms with Crippen LogP contribution in [0.4, 0.5) is 0 Å². The summed E-state index contributed by atoms with van der Waals surface area (Å²) < 4.78 is 5.21. The average molecular weight is 319 g/mol. The zero-order valence-corrected chi connectivity index (χ0v) is 13.9. The van der Waals surface area contributed by atoms with Crippen molar-refractivity contribution in [3.63, 3.8) is 0 Å².